The summed E-state index contributed by atoms with van der Waals surface area (Å²) < 4.78 is 4.98. The van der Waals surface area contributed by atoms with Crippen molar-refractivity contribution in [2.45, 2.75) is 13.3 Å². The lowest BCUT2D eigenvalue weighted by atomic mass is 9.92. The van der Waals surface area contributed by atoms with E-state index in [-0.39, 0.29) is 13.2 Å². The van der Waals surface area contributed by atoms with Crippen molar-refractivity contribution in [3.8, 4) is 6.07 Å². The molecule has 0 atom stereocenters. The number of aliphatic hydroxyl groups excluding tert-OH is 2. The standard InChI is InChI=1S/C11H22N2O3/c1-11(9-14,10-15)8-13(5-3-4-12)6-7-16-2/h14-15H,3,5-10H2,1-2H3. The van der Waals surface area contributed by atoms with E-state index in [1.807, 2.05) is 11.8 Å². The molecule has 0 amide bonds. The quantitative estimate of drug-likeness (QED) is 0.575. The van der Waals surface area contributed by atoms with Gasteiger partial charge in [-0.1, -0.05) is 6.92 Å². The first-order valence-electron chi connectivity index (χ1n) is 5.42. The maximum absolute atomic E-state index is 9.20. The zero-order valence-electron chi connectivity index (χ0n) is 10.1. The minimum absolute atomic E-state index is 0.0699. The molecule has 0 unspecified atom stereocenters. The fourth-order valence-electron chi connectivity index (χ4n) is 1.39. The summed E-state index contributed by atoms with van der Waals surface area (Å²) in [5.41, 5.74) is -0.525. The molecule has 2 N–H and O–H groups in total. The van der Waals surface area contributed by atoms with Gasteiger partial charge in [0.1, 0.15) is 0 Å². The molecular formula is C11H22N2O3. The first kappa shape index (κ1) is 15.3. The number of rotatable bonds is 9. The number of methoxy groups -OCH3 is 1. The SMILES string of the molecule is COCCN(CCC#N)CC(C)(CO)CO. The average molecular weight is 230 g/mol. The number of aliphatic hydroxyl groups is 2. The van der Waals surface area contributed by atoms with Gasteiger partial charge in [-0.2, -0.15) is 5.26 Å². The van der Waals surface area contributed by atoms with E-state index in [2.05, 4.69) is 6.07 Å². The third kappa shape index (κ3) is 6.03. The Bertz CT molecular complexity index is 212. The predicted octanol–water partition coefficient (Wildman–Crippen LogP) is -0.161. The van der Waals surface area contributed by atoms with Crippen molar-refractivity contribution in [1.82, 2.24) is 4.90 Å². The van der Waals surface area contributed by atoms with Crippen molar-refractivity contribution >= 4 is 0 Å². The Hall–Kier alpha value is -0.670. The molecule has 0 heterocycles. The smallest absolute Gasteiger partial charge is 0.0635 e. The van der Waals surface area contributed by atoms with E-state index in [9.17, 15) is 10.2 Å². The highest BCUT2D eigenvalue weighted by Gasteiger charge is 2.25. The van der Waals surface area contributed by atoms with Gasteiger partial charge in [-0.05, 0) is 0 Å². The van der Waals surface area contributed by atoms with Gasteiger partial charge in [0.15, 0.2) is 0 Å². The first-order valence-corrected chi connectivity index (χ1v) is 5.42. The van der Waals surface area contributed by atoms with Crippen molar-refractivity contribution in [3.63, 3.8) is 0 Å². The highest BCUT2D eigenvalue weighted by molar-refractivity contribution is 4.79. The number of hydrogen-bond acceptors (Lipinski definition) is 5. The molecule has 0 fully saturated rings. The highest BCUT2D eigenvalue weighted by Crippen LogP contribution is 2.16. The predicted molar refractivity (Wildman–Crippen MR) is 60.8 cm³/mol. The fourth-order valence-corrected chi connectivity index (χ4v) is 1.39. The summed E-state index contributed by atoms with van der Waals surface area (Å²) in [6.45, 7) is 4.16. The molecule has 0 radical (unpaired) electrons. The van der Waals surface area contributed by atoms with Crippen LogP contribution in [0.5, 0.6) is 0 Å². The average Bonchev–Trinajstić information content (AvgIpc) is 2.32. The van der Waals surface area contributed by atoms with Crippen molar-refractivity contribution in [1.29, 1.82) is 5.26 Å². The van der Waals surface area contributed by atoms with Crippen molar-refractivity contribution in [2.75, 3.05) is 46.6 Å². The summed E-state index contributed by atoms with van der Waals surface area (Å²) in [5, 5.41) is 27.0. The van der Waals surface area contributed by atoms with Crippen LogP contribution in [0.15, 0.2) is 0 Å². The van der Waals surface area contributed by atoms with Crippen LogP contribution in [0.4, 0.5) is 0 Å². The van der Waals surface area contributed by atoms with Crippen LogP contribution in [0.2, 0.25) is 0 Å². The Morgan fingerprint density at radius 3 is 2.38 bits per heavy atom. The van der Waals surface area contributed by atoms with E-state index in [0.717, 1.165) is 0 Å². The van der Waals surface area contributed by atoms with Crippen LogP contribution in [0, 0.1) is 16.7 Å². The maximum atomic E-state index is 9.20. The second-order valence-electron chi connectivity index (χ2n) is 4.30. The maximum Gasteiger partial charge on any atom is 0.0635 e. The Morgan fingerprint density at radius 1 is 1.31 bits per heavy atom. The van der Waals surface area contributed by atoms with Gasteiger partial charge in [-0.15, -0.1) is 0 Å². The van der Waals surface area contributed by atoms with E-state index in [0.29, 0.717) is 32.7 Å². The van der Waals surface area contributed by atoms with Crippen LogP contribution < -0.4 is 0 Å². The molecule has 0 aliphatic carbocycles. The summed E-state index contributed by atoms with van der Waals surface area (Å²) in [4.78, 5) is 2.03. The van der Waals surface area contributed by atoms with Crippen molar-refractivity contribution < 1.29 is 14.9 Å². The molecule has 16 heavy (non-hydrogen) atoms. The van der Waals surface area contributed by atoms with Gasteiger partial charge >= 0.3 is 0 Å². The van der Waals surface area contributed by atoms with E-state index in [1.54, 1.807) is 7.11 Å². The molecule has 0 bridgehead atoms. The summed E-state index contributed by atoms with van der Waals surface area (Å²) in [6, 6.07) is 2.09. The van der Waals surface area contributed by atoms with Crippen LogP contribution >= 0.6 is 0 Å². The monoisotopic (exact) mass is 230 g/mol. The normalized spacial score (nSPS) is 11.8. The summed E-state index contributed by atoms with van der Waals surface area (Å²) in [6.07, 6.45) is 0.441. The third-order valence-corrected chi connectivity index (χ3v) is 2.52. The molecule has 5 heteroatoms. The number of hydrogen-bond donors (Lipinski definition) is 2. The van der Waals surface area contributed by atoms with Gasteiger partial charge < -0.3 is 14.9 Å². The lowest BCUT2D eigenvalue weighted by molar-refractivity contribution is 0.0283. The van der Waals surface area contributed by atoms with E-state index < -0.39 is 5.41 Å². The number of nitrogens with zero attached hydrogens (tertiary/aromatic N) is 2. The first-order chi connectivity index (χ1) is 7.61. The second-order valence-corrected chi connectivity index (χ2v) is 4.30. The van der Waals surface area contributed by atoms with Gasteiger partial charge in [0.05, 0.1) is 25.9 Å². The summed E-state index contributed by atoms with van der Waals surface area (Å²) in [7, 11) is 1.62. The zero-order valence-corrected chi connectivity index (χ0v) is 10.1. The molecule has 0 aromatic rings. The second kappa shape index (κ2) is 8.48. The molecule has 0 rings (SSSR count). The van der Waals surface area contributed by atoms with Gasteiger partial charge in [0.25, 0.3) is 0 Å². The van der Waals surface area contributed by atoms with Gasteiger partial charge in [-0.3, -0.25) is 4.90 Å². The molecular weight excluding hydrogens is 208 g/mol. The van der Waals surface area contributed by atoms with Crippen LogP contribution in [0.25, 0.3) is 0 Å². The van der Waals surface area contributed by atoms with Crippen LogP contribution in [0.3, 0.4) is 0 Å². The van der Waals surface area contributed by atoms with Gasteiger partial charge in [-0.25, -0.2) is 0 Å². The van der Waals surface area contributed by atoms with E-state index >= 15 is 0 Å². The van der Waals surface area contributed by atoms with Crippen molar-refractivity contribution in [2.24, 2.45) is 5.41 Å². The Labute approximate surface area is 97.2 Å². The molecule has 0 aliphatic heterocycles. The molecule has 0 saturated heterocycles. The minimum Gasteiger partial charge on any atom is -0.396 e. The Morgan fingerprint density at radius 2 is 1.94 bits per heavy atom. The molecule has 0 aliphatic rings. The summed E-state index contributed by atoms with van der Waals surface area (Å²) >= 11 is 0. The topological polar surface area (TPSA) is 76.7 Å². The highest BCUT2D eigenvalue weighted by atomic mass is 16.5. The number of ether oxygens (including phenoxy) is 1. The zero-order chi connectivity index (χ0) is 12.4. The number of nitriles is 1. The summed E-state index contributed by atoms with van der Waals surface area (Å²) in [5.74, 6) is 0. The van der Waals surface area contributed by atoms with Crippen LogP contribution in [-0.4, -0.2) is 61.7 Å². The molecule has 94 valence electrons. The van der Waals surface area contributed by atoms with Crippen molar-refractivity contribution in [3.05, 3.63) is 0 Å². The van der Waals surface area contributed by atoms with Crippen LogP contribution in [-0.2, 0) is 4.74 Å². The lowest BCUT2D eigenvalue weighted by Crippen LogP contribution is -2.42. The molecule has 0 saturated carbocycles. The molecule has 0 spiro atoms. The largest absolute Gasteiger partial charge is 0.396 e. The van der Waals surface area contributed by atoms with E-state index in [1.165, 1.54) is 0 Å². The van der Waals surface area contributed by atoms with Gasteiger partial charge in [0.2, 0.25) is 0 Å². The van der Waals surface area contributed by atoms with Gasteiger partial charge in [0, 0.05) is 38.6 Å². The Balaban J connectivity index is 4.22. The molecule has 0 aromatic carbocycles. The Kier molecular flexibility index (Phi) is 8.12. The molecule has 0 aromatic heterocycles. The minimum atomic E-state index is -0.525. The fraction of sp³-hybridized carbons (Fsp3) is 0.909. The third-order valence-electron chi connectivity index (χ3n) is 2.52. The van der Waals surface area contributed by atoms with Crippen LogP contribution in [0.1, 0.15) is 13.3 Å². The van der Waals surface area contributed by atoms with E-state index in [4.69, 9.17) is 10.00 Å². The lowest BCUT2D eigenvalue weighted by Gasteiger charge is -2.32. The molecule has 5 nitrogen and oxygen atoms in total.